The highest BCUT2D eigenvalue weighted by molar-refractivity contribution is 7.14. The molecule has 5 nitrogen and oxygen atoms in total. The molecule has 0 aliphatic carbocycles. The van der Waals surface area contributed by atoms with Crippen molar-refractivity contribution in [3.8, 4) is 22.8 Å². The number of methoxy groups -OCH3 is 1. The van der Waals surface area contributed by atoms with E-state index in [9.17, 15) is 0 Å². The van der Waals surface area contributed by atoms with Crippen molar-refractivity contribution in [3.63, 3.8) is 0 Å². The first kappa shape index (κ1) is 20.9. The van der Waals surface area contributed by atoms with Gasteiger partial charge in [0.2, 0.25) is 5.13 Å². The highest BCUT2D eigenvalue weighted by Crippen LogP contribution is 2.28. The van der Waals surface area contributed by atoms with Crippen LogP contribution in [0.15, 0.2) is 52.9 Å². The Morgan fingerprint density at radius 3 is 2.69 bits per heavy atom. The van der Waals surface area contributed by atoms with Crippen molar-refractivity contribution in [1.29, 1.82) is 0 Å². The van der Waals surface area contributed by atoms with E-state index >= 15 is 0 Å². The van der Waals surface area contributed by atoms with Gasteiger partial charge >= 0.3 is 0 Å². The maximum atomic E-state index is 5.82. The molecule has 0 amide bonds. The average Bonchev–Trinajstić information content (AvgIpc) is 3.21. The number of nitrogens with one attached hydrogen (secondary N) is 1. The number of aryl methyl sites for hydroxylation is 1. The SMILES string of the molecule is CCCCCOc1ccc(/C=N\Nc2nc(-c3ccc(C)cc3)cs2)cc1OC. The molecule has 0 saturated carbocycles. The van der Waals surface area contributed by atoms with E-state index in [2.05, 4.69) is 53.6 Å². The summed E-state index contributed by atoms with van der Waals surface area (Å²) in [6.07, 6.45) is 5.14. The molecular formula is C23H27N3O2S. The molecule has 0 fully saturated rings. The van der Waals surface area contributed by atoms with Gasteiger partial charge in [-0.15, -0.1) is 11.3 Å². The van der Waals surface area contributed by atoms with Crippen molar-refractivity contribution >= 4 is 22.7 Å². The van der Waals surface area contributed by atoms with Gasteiger partial charge in [-0.1, -0.05) is 49.6 Å². The number of thiazole rings is 1. The van der Waals surface area contributed by atoms with E-state index in [1.165, 1.54) is 29.7 Å². The van der Waals surface area contributed by atoms with Gasteiger partial charge in [-0.2, -0.15) is 5.10 Å². The van der Waals surface area contributed by atoms with Crippen LogP contribution in [0, 0.1) is 6.92 Å². The first-order valence-corrected chi connectivity index (χ1v) is 10.7. The molecule has 0 aliphatic rings. The molecule has 1 aromatic heterocycles. The number of nitrogens with zero attached hydrogens (tertiary/aromatic N) is 2. The Morgan fingerprint density at radius 2 is 1.93 bits per heavy atom. The third-order valence-corrected chi connectivity index (χ3v) is 5.17. The Hall–Kier alpha value is -2.86. The zero-order valence-electron chi connectivity index (χ0n) is 17.1. The predicted molar refractivity (Wildman–Crippen MR) is 122 cm³/mol. The largest absolute Gasteiger partial charge is 0.493 e. The van der Waals surface area contributed by atoms with E-state index in [1.54, 1.807) is 13.3 Å². The Bertz CT molecular complexity index is 936. The Labute approximate surface area is 176 Å². The fraction of sp³-hybridized carbons (Fsp3) is 0.304. The predicted octanol–water partition coefficient (Wildman–Crippen LogP) is 6.14. The molecule has 1 N–H and O–H groups in total. The van der Waals surface area contributed by atoms with Crippen molar-refractivity contribution in [2.45, 2.75) is 33.1 Å². The highest BCUT2D eigenvalue weighted by Gasteiger charge is 2.06. The second kappa shape index (κ2) is 10.6. The van der Waals surface area contributed by atoms with Gasteiger partial charge in [-0.3, -0.25) is 5.43 Å². The molecule has 0 saturated heterocycles. The second-order valence-corrected chi connectivity index (χ2v) is 7.60. The Balaban J connectivity index is 1.59. The lowest BCUT2D eigenvalue weighted by molar-refractivity contribution is 0.286. The van der Waals surface area contributed by atoms with Crippen molar-refractivity contribution in [1.82, 2.24) is 4.98 Å². The van der Waals surface area contributed by atoms with Crippen LogP contribution in [0.5, 0.6) is 11.5 Å². The number of aromatic nitrogens is 1. The first-order chi connectivity index (χ1) is 14.2. The summed E-state index contributed by atoms with van der Waals surface area (Å²) in [5.41, 5.74) is 7.20. The minimum Gasteiger partial charge on any atom is -0.493 e. The van der Waals surface area contributed by atoms with Crippen LogP contribution < -0.4 is 14.9 Å². The van der Waals surface area contributed by atoms with Crippen molar-refractivity contribution in [2.75, 3.05) is 19.1 Å². The lowest BCUT2D eigenvalue weighted by atomic mass is 10.1. The average molecular weight is 410 g/mol. The number of benzene rings is 2. The summed E-state index contributed by atoms with van der Waals surface area (Å²) in [5.74, 6) is 1.47. The van der Waals surface area contributed by atoms with Gasteiger partial charge in [0.25, 0.3) is 0 Å². The number of unbranched alkanes of at least 4 members (excludes halogenated alkanes) is 2. The zero-order chi connectivity index (χ0) is 20.5. The van der Waals surface area contributed by atoms with E-state index in [1.807, 2.05) is 23.6 Å². The second-order valence-electron chi connectivity index (χ2n) is 6.74. The quantitative estimate of drug-likeness (QED) is 0.248. The Morgan fingerprint density at radius 1 is 1.10 bits per heavy atom. The van der Waals surface area contributed by atoms with E-state index < -0.39 is 0 Å². The number of hydrogen-bond acceptors (Lipinski definition) is 6. The van der Waals surface area contributed by atoms with Crippen LogP contribution in [0.4, 0.5) is 5.13 Å². The number of hydrogen-bond donors (Lipinski definition) is 1. The number of rotatable bonds is 10. The molecule has 3 rings (SSSR count). The Kier molecular flexibility index (Phi) is 7.64. The maximum Gasteiger partial charge on any atom is 0.203 e. The van der Waals surface area contributed by atoms with Crippen molar-refractivity contribution < 1.29 is 9.47 Å². The fourth-order valence-electron chi connectivity index (χ4n) is 2.76. The van der Waals surface area contributed by atoms with Gasteiger partial charge < -0.3 is 9.47 Å². The van der Waals surface area contributed by atoms with Crippen LogP contribution in [0.2, 0.25) is 0 Å². The first-order valence-electron chi connectivity index (χ1n) is 9.82. The van der Waals surface area contributed by atoms with Crippen molar-refractivity contribution in [3.05, 3.63) is 59.0 Å². The van der Waals surface area contributed by atoms with Crippen LogP contribution in [-0.2, 0) is 0 Å². The molecule has 0 atom stereocenters. The summed E-state index contributed by atoms with van der Waals surface area (Å²) in [6.45, 7) is 4.96. The third-order valence-electron chi connectivity index (χ3n) is 4.42. The number of anilines is 1. The lowest BCUT2D eigenvalue weighted by Gasteiger charge is -2.11. The third kappa shape index (κ3) is 6.06. The minimum atomic E-state index is 0.701. The fourth-order valence-corrected chi connectivity index (χ4v) is 3.43. The van der Waals surface area contributed by atoms with Gasteiger partial charge in [0, 0.05) is 10.9 Å². The highest BCUT2D eigenvalue weighted by atomic mass is 32.1. The molecule has 29 heavy (non-hydrogen) atoms. The summed E-state index contributed by atoms with van der Waals surface area (Å²) in [7, 11) is 1.65. The van der Waals surface area contributed by atoms with E-state index in [-0.39, 0.29) is 0 Å². The summed E-state index contributed by atoms with van der Waals surface area (Å²) < 4.78 is 11.3. The molecule has 6 heteroatoms. The topological polar surface area (TPSA) is 55.7 Å². The molecular weight excluding hydrogens is 382 g/mol. The molecule has 2 aromatic carbocycles. The molecule has 3 aromatic rings. The van der Waals surface area contributed by atoms with Crippen LogP contribution in [0.3, 0.4) is 0 Å². The van der Waals surface area contributed by atoms with Crippen LogP contribution in [0.1, 0.15) is 37.3 Å². The molecule has 0 spiro atoms. The monoisotopic (exact) mass is 409 g/mol. The smallest absolute Gasteiger partial charge is 0.203 e. The van der Waals surface area contributed by atoms with Gasteiger partial charge in [-0.25, -0.2) is 4.98 Å². The maximum absolute atomic E-state index is 5.82. The summed E-state index contributed by atoms with van der Waals surface area (Å²) in [6, 6.07) is 14.1. The number of hydrazone groups is 1. The van der Waals surface area contributed by atoms with E-state index in [0.29, 0.717) is 12.4 Å². The normalized spacial score (nSPS) is 11.0. The lowest BCUT2D eigenvalue weighted by Crippen LogP contribution is -2.00. The van der Waals surface area contributed by atoms with Gasteiger partial charge in [-0.05, 0) is 37.1 Å². The van der Waals surface area contributed by atoms with Gasteiger partial charge in [0.15, 0.2) is 11.5 Å². The molecule has 0 unspecified atom stereocenters. The molecule has 0 aliphatic heterocycles. The number of ether oxygens (including phenoxy) is 2. The summed E-state index contributed by atoms with van der Waals surface area (Å²) in [5, 5.41) is 7.07. The zero-order valence-corrected chi connectivity index (χ0v) is 18.0. The summed E-state index contributed by atoms with van der Waals surface area (Å²) >= 11 is 1.53. The summed E-state index contributed by atoms with van der Waals surface area (Å²) in [4.78, 5) is 4.59. The van der Waals surface area contributed by atoms with Crippen LogP contribution in [0.25, 0.3) is 11.3 Å². The van der Waals surface area contributed by atoms with Gasteiger partial charge in [0.1, 0.15) is 0 Å². The van der Waals surface area contributed by atoms with E-state index in [4.69, 9.17) is 9.47 Å². The minimum absolute atomic E-state index is 0.701. The molecule has 0 bridgehead atoms. The molecule has 0 radical (unpaired) electrons. The standard InChI is InChI=1S/C23H27N3O2S/c1-4-5-6-13-28-21-12-9-18(14-22(21)27-3)15-24-26-23-25-20(16-29-23)19-10-7-17(2)8-11-19/h7-12,14-16H,4-6,13H2,1-3H3,(H,25,26)/b24-15-. The van der Waals surface area contributed by atoms with Gasteiger partial charge in [0.05, 0.1) is 25.6 Å². The molecule has 152 valence electrons. The molecule has 1 heterocycles. The van der Waals surface area contributed by atoms with E-state index in [0.717, 1.165) is 34.1 Å². The van der Waals surface area contributed by atoms with Crippen LogP contribution in [-0.4, -0.2) is 24.9 Å². The van der Waals surface area contributed by atoms with Crippen LogP contribution >= 0.6 is 11.3 Å². The van der Waals surface area contributed by atoms with Crippen molar-refractivity contribution in [2.24, 2.45) is 5.10 Å².